The lowest BCUT2D eigenvalue weighted by Crippen LogP contribution is -2.23. The lowest BCUT2D eigenvalue weighted by molar-refractivity contribution is 0.0951. The first-order valence-electron chi connectivity index (χ1n) is 9.95. The summed E-state index contributed by atoms with van der Waals surface area (Å²) >= 11 is 7.68. The number of carbonyl (C=O) groups excluding carboxylic acids is 1. The van der Waals surface area contributed by atoms with Crippen LogP contribution in [0.15, 0.2) is 71.6 Å². The molecule has 0 aromatic heterocycles. The molecule has 0 atom stereocenters. The fraction of sp³-hybridized carbons (Fsp3) is 0.240. The summed E-state index contributed by atoms with van der Waals surface area (Å²) in [5.74, 6) is 0.818. The third kappa shape index (κ3) is 6.12. The monoisotopic (exact) mass is 423 g/mol. The van der Waals surface area contributed by atoms with Gasteiger partial charge in [0.1, 0.15) is 0 Å². The van der Waals surface area contributed by atoms with E-state index in [0.29, 0.717) is 12.1 Å². The van der Waals surface area contributed by atoms with Gasteiger partial charge in [0.2, 0.25) is 0 Å². The third-order valence-electron chi connectivity index (χ3n) is 4.93. The van der Waals surface area contributed by atoms with Crippen LogP contribution in [0.1, 0.15) is 46.5 Å². The Morgan fingerprint density at radius 2 is 1.55 bits per heavy atom. The van der Waals surface area contributed by atoms with Crippen LogP contribution in [0.4, 0.5) is 0 Å². The number of benzene rings is 3. The number of aryl methyl sites for hydroxylation is 2. The molecule has 0 aliphatic heterocycles. The number of thioether (sulfide) groups is 1. The van der Waals surface area contributed by atoms with Crippen LogP contribution >= 0.6 is 23.4 Å². The standard InChI is InChI=1S/C25H26ClNOS/c1-3-18-5-8-20(4-2)22(15-18)16-27-25(28)21-9-6-19(7-10-21)17-29-24-13-11-23(26)12-14-24/h5-15H,3-4,16-17H2,1-2H3,(H,27,28). The summed E-state index contributed by atoms with van der Waals surface area (Å²) in [6.07, 6.45) is 1.97. The van der Waals surface area contributed by atoms with Crippen molar-refractivity contribution < 1.29 is 4.79 Å². The van der Waals surface area contributed by atoms with E-state index in [4.69, 9.17) is 11.6 Å². The van der Waals surface area contributed by atoms with Crippen molar-refractivity contribution in [2.45, 2.75) is 43.9 Å². The summed E-state index contributed by atoms with van der Waals surface area (Å²) in [4.78, 5) is 13.7. The van der Waals surface area contributed by atoms with Crippen LogP contribution in [0.2, 0.25) is 5.02 Å². The number of rotatable bonds is 8. The maximum absolute atomic E-state index is 12.6. The molecule has 1 N–H and O–H groups in total. The van der Waals surface area contributed by atoms with Crippen molar-refractivity contribution in [2.75, 3.05) is 0 Å². The van der Waals surface area contributed by atoms with Crippen molar-refractivity contribution in [2.24, 2.45) is 0 Å². The lowest BCUT2D eigenvalue weighted by Gasteiger charge is -2.12. The van der Waals surface area contributed by atoms with Gasteiger partial charge in [-0.05, 0) is 71.5 Å². The fourth-order valence-corrected chi connectivity index (χ4v) is 4.12. The van der Waals surface area contributed by atoms with E-state index in [1.54, 1.807) is 11.8 Å². The molecule has 2 nitrogen and oxygen atoms in total. The first-order valence-corrected chi connectivity index (χ1v) is 11.3. The molecule has 0 heterocycles. The predicted octanol–water partition coefficient (Wildman–Crippen LogP) is 6.69. The van der Waals surface area contributed by atoms with E-state index >= 15 is 0 Å². The normalized spacial score (nSPS) is 10.7. The molecule has 3 rings (SSSR count). The molecule has 0 saturated carbocycles. The number of hydrogen-bond donors (Lipinski definition) is 1. The molecule has 150 valence electrons. The van der Waals surface area contributed by atoms with Gasteiger partial charge in [0, 0.05) is 27.8 Å². The number of halogens is 1. The minimum atomic E-state index is -0.0362. The molecule has 1 amide bonds. The van der Waals surface area contributed by atoms with E-state index in [2.05, 4.69) is 37.4 Å². The van der Waals surface area contributed by atoms with Gasteiger partial charge in [-0.25, -0.2) is 0 Å². The largest absolute Gasteiger partial charge is 0.348 e. The molecule has 0 saturated heterocycles. The van der Waals surface area contributed by atoms with Gasteiger partial charge >= 0.3 is 0 Å². The van der Waals surface area contributed by atoms with Crippen LogP contribution in [0.3, 0.4) is 0 Å². The number of hydrogen-bond acceptors (Lipinski definition) is 2. The fourth-order valence-electron chi connectivity index (χ4n) is 3.14. The molecule has 0 spiro atoms. The molecular formula is C25H26ClNOS. The highest BCUT2D eigenvalue weighted by molar-refractivity contribution is 7.98. The van der Waals surface area contributed by atoms with E-state index in [1.165, 1.54) is 27.1 Å². The average molecular weight is 424 g/mol. The predicted molar refractivity (Wildman–Crippen MR) is 124 cm³/mol. The Morgan fingerprint density at radius 1 is 0.862 bits per heavy atom. The highest BCUT2D eigenvalue weighted by Crippen LogP contribution is 2.24. The molecule has 0 aliphatic carbocycles. The Kier molecular flexibility index (Phi) is 7.79. The Bertz CT molecular complexity index is 952. The summed E-state index contributed by atoms with van der Waals surface area (Å²) < 4.78 is 0. The number of carbonyl (C=O) groups is 1. The van der Waals surface area contributed by atoms with Gasteiger partial charge < -0.3 is 5.32 Å². The minimum absolute atomic E-state index is 0.0362. The van der Waals surface area contributed by atoms with E-state index in [9.17, 15) is 4.79 Å². The molecule has 0 aliphatic rings. The van der Waals surface area contributed by atoms with Gasteiger partial charge in [0.05, 0.1) is 0 Å². The van der Waals surface area contributed by atoms with E-state index in [-0.39, 0.29) is 5.91 Å². The van der Waals surface area contributed by atoms with Gasteiger partial charge in [-0.3, -0.25) is 4.79 Å². The SMILES string of the molecule is CCc1ccc(CC)c(CNC(=O)c2ccc(CSc3ccc(Cl)cc3)cc2)c1. The molecular weight excluding hydrogens is 398 g/mol. The van der Waals surface area contributed by atoms with Crippen molar-refractivity contribution >= 4 is 29.3 Å². The second-order valence-corrected chi connectivity index (χ2v) is 8.42. The minimum Gasteiger partial charge on any atom is -0.348 e. The zero-order valence-corrected chi connectivity index (χ0v) is 18.4. The van der Waals surface area contributed by atoms with Gasteiger partial charge in [-0.1, -0.05) is 55.8 Å². The van der Waals surface area contributed by atoms with Crippen LogP contribution in [0.5, 0.6) is 0 Å². The van der Waals surface area contributed by atoms with E-state index in [0.717, 1.165) is 23.6 Å². The smallest absolute Gasteiger partial charge is 0.251 e. The second kappa shape index (κ2) is 10.5. The first kappa shape index (κ1) is 21.5. The van der Waals surface area contributed by atoms with Crippen molar-refractivity contribution in [3.63, 3.8) is 0 Å². The molecule has 0 bridgehead atoms. The Balaban J connectivity index is 1.57. The highest BCUT2D eigenvalue weighted by atomic mass is 35.5. The maximum atomic E-state index is 12.6. The second-order valence-electron chi connectivity index (χ2n) is 6.93. The Morgan fingerprint density at radius 3 is 2.21 bits per heavy atom. The molecule has 0 radical (unpaired) electrons. The summed E-state index contributed by atoms with van der Waals surface area (Å²) in [6, 6.07) is 22.2. The van der Waals surface area contributed by atoms with Crippen molar-refractivity contribution in [1.82, 2.24) is 5.32 Å². The van der Waals surface area contributed by atoms with Gasteiger partial charge in [0.25, 0.3) is 5.91 Å². The summed E-state index contributed by atoms with van der Waals surface area (Å²) in [5, 5.41) is 3.81. The van der Waals surface area contributed by atoms with Gasteiger partial charge in [-0.15, -0.1) is 11.8 Å². The quantitative estimate of drug-likeness (QED) is 0.409. The number of amides is 1. The molecule has 0 unspecified atom stereocenters. The van der Waals surface area contributed by atoms with E-state index < -0.39 is 0 Å². The van der Waals surface area contributed by atoms with Crippen molar-refractivity contribution in [3.05, 3.63) is 99.6 Å². The summed E-state index contributed by atoms with van der Waals surface area (Å²) in [7, 11) is 0. The zero-order chi connectivity index (χ0) is 20.6. The third-order valence-corrected chi connectivity index (χ3v) is 6.27. The molecule has 4 heteroatoms. The van der Waals surface area contributed by atoms with Gasteiger partial charge in [-0.2, -0.15) is 0 Å². The van der Waals surface area contributed by atoms with E-state index in [1.807, 2.05) is 48.5 Å². The van der Waals surface area contributed by atoms with Crippen LogP contribution in [-0.2, 0) is 25.1 Å². The molecule has 29 heavy (non-hydrogen) atoms. The maximum Gasteiger partial charge on any atom is 0.251 e. The lowest BCUT2D eigenvalue weighted by atomic mass is 10.0. The van der Waals surface area contributed by atoms with Crippen molar-refractivity contribution in [1.29, 1.82) is 0 Å². The van der Waals surface area contributed by atoms with Crippen molar-refractivity contribution in [3.8, 4) is 0 Å². The molecule has 0 fully saturated rings. The van der Waals surface area contributed by atoms with Crippen LogP contribution in [0, 0.1) is 0 Å². The number of nitrogens with one attached hydrogen (secondary N) is 1. The first-order chi connectivity index (χ1) is 14.1. The molecule has 3 aromatic carbocycles. The Hall–Kier alpha value is -2.23. The van der Waals surface area contributed by atoms with Crippen LogP contribution in [-0.4, -0.2) is 5.91 Å². The Labute approximate surface area is 182 Å². The summed E-state index contributed by atoms with van der Waals surface area (Å²) in [5.41, 5.74) is 5.67. The van der Waals surface area contributed by atoms with Gasteiger partial charge in [0.15, 0.2) is 0 Å². The summed E-state index contributed by atoms with van der Waals surface area (Å²) in [6.45, 7) is 4.85. The average Bonchev–Trinajstić information content (AvgIpc) is 2.77. The highest BCUT2D eigenvalue weighted by Gasteiger charge is 2.08. The topological polar surface area (TPSA) is 29.1 Å². The van der Waals surface area contributed by atoms with Crippen LogP contribution < -0.4 is 5.32 Å². The van der Waals surface area contributed by atoms with Crippen LogP contribution in [0.25, 0.3) is 0 Å². The molecule has 3 aromatic rings. The zero-order valence-electron chi connectivity index (χ0n) is 16.9.